The molecule has 16 heavy (non-hydrogen) atoms. The van der Waals surface area contributed by atoms with Crippen LogP contribution < -0.4 is 11.1 Å². The Balaban J connectivity index is 2.77. The number of para-hydroxylation sites is 1. The molecular formula is C11H14Cl2N2O. The fraction of sp³-hybridized carbons (Fsp3) is 0.364. The summed E-state index contributed by atoms with van der Waals surface area (Å²) in [6.07, 6.45) is 0.633. The summed E-state index contributed by atoms with van der Waals surface area (Å²) in [4.78, 5) is 11.7. The van der Waals surface area contributed by atoms with Crippen molar-refractivity contribution >= 4 is 34.8 Å². The smallest absolute Gasteiger partial charge is 0.227 e. The summed E-state index contributed by atoms with van der Waals surface area (Å²) in [5.41, 5.74) is 5.85. The Morgan fingerprint density at radius 1 is 1.44 bits per heavy atom. The molecule has 0 aromatic heterocycles. The van der Waals surface area contributed by atoms with Gasteiger partial charge >= 0.3 is 0 Å². The lowest BCUT2D eigenvalue weighted by atomic mass is 10.1. The molecule has 5 heteroatoms. The number of hydrogen-bond donors (Lipinski definition) is 2. The van der Waals surface area contributed by atoms with Crippen molar-refractivity contribution < 1.29 is 4.79 Å². The monoisotopic (exact) mass is 260 g/mol. The highest BCUT2D eigenvalue weighted by Crippen LogP contribution is 2.30. The number of nitrogens with two attached hydrogens (primary N) is 1. The third-order valence-electron chi connectivity index (χ3n) is 2.26. The number of halogens is 2. The number of hydrogen-bond acceptors (Lipinski definition) is 2. The van der Waals surface area contributed by atoms with Gasteiger partial charge in [-0.15, -0.1) is 0 Å². The lowest BCUT2D eigenvalue weighted by Crippen LogP contribution is -2.23. The summed E-state index contributed by atoms with van der Waals surface area (Å²) < 4.78 is 0. The molecule has 0 radical (unpaired) electrons. The van der Waals surface area contributed by atoms with E-state index in [1.54, 1.807) is 18.2 Å². The van der Waals surface area contributed by atoms with Gasteiger partial charge in [0.05, 0.1) is 15.7 Å². The number of anilines is 1. The second-order valence-corrected chi connectivity index (χ2v) is 4.38. The molecule has 0 fully saturated rings. The molecule has 1 amide bonds. The minimum absolute atomic E-state index is 0.125. The first-order valence-corrected chi connectivity index (χ1v) is 5.76. The third kappa shape index (κ3) is 3.37. The SMILES string of the molecule is CC(CCN)C(=O)Nc1c(Cl)cccc1Cl. The summed E-state index contributed by atoms with van der Waals surface area (Å²) >= 11 is 11.9. The Morgan fingerprint density at radius 2 is 2.00 bits per heavy atom. The predicted octanol–water partition coefficient (Wildman–Crippen LogP) is 2.92. The molecule has 1 atom stereocenters. The van der Waals surface area contributed by atoms with E-state index in [0.29, 0.717) is 28.7 Å². The largest absolute Gasteiger partial charge is 0.330 e. The van der Waals surface area contributed by atoms with Crippen molar-refractivity contribution in [1.29, 1.82) is 0 Å². The average Bonchev–Trinajstić information content (AvgIpc) is 2.23. The molecular weight excluding hydrogens is 247 g/mol. The van der Waals surface area contributed by atoms with Crippen molar-refractivity contribution in [2.45, 2.75) is 13.3 Å². The van der Waals surface area contributed by atoms with E-state index in [1.807, 2.05) is 6.92 Å². The lowest BCUT2D eigenvalue weighted by Gasteiger charge is -2.13. The zero-order valence-corrected chi connectivity index (χ0v) is 10.5. The molecule has 0 heterocycles. The van der Waals surface area contributed by atoms with E-state index in [1.165, 1.54) is 0 Å². The summed E-state index contributed by atoms with van der Waals surface area (Å²) in [6, 6.07) is 5.08. The molecule has 1 aromatic carbocycles. The van der Waals surface area contributed by atoms with Gasteiger partial charge in [0, 0.05) is 5.92 Å². The average molecular weight is 261 g/mol. The molecule has 3 N–H and O–H groups in total. The highest BCUT2D eigenvalue weighted by molar-refractivity contribution is 6.39. The van der Waals surface area contributed by atoms with Crippen LogP contribution in [0.5, 0.6) is 0 Å². The molecule has 0 spiro atoms. The maximum Gasteiger partial charge on any atom is 0.227 e. The second kappa shape index (κ2) is 6.09. The zero-order valence-electron chi connectivity index (χ0n) is 8.97. The first kappa shape index (κ1) is 13.3. The van der Waals surface area contributed by atoms with Crippen molar-refractivity contribution in [2.75, 3.05) is 11.9 Å². The summed E-state index contributed by atoms with van der Waals surface area (Å²) in [5.74, 6) is -0.280. The van der Waals surface area contributed by atoms with Crippen molar-refractivity contribution in [1.82, 2.24) is 0 Å². The quantitative estimate of drug-likeness (QED) is 0.875. The molecule has 0 saturated heterocycles. The summed E-state index contributed by atoms with van der Waals surface area (Å²) in [7, 11) is 0. The maximum atomic E-state index is 11.7. The Kier molecular flexibility index (Phi) is 5.06. The van der Waals surface area contributed by atoms with E-state index in [2.05, 4.69) is 5.32 Å². The first-order valence-electron chi connectivity index (χ1n) is 5.01. The van der Waals surface area contributed by atoms with E-state index in [0.717, 1.165) is 0 Å². The highest BCUT2D eigenvalue weighted by atomic mass is 35.5. The summed E-state index contributed by atoms with van der Waals surface area (Å²) in [5, 5.41) is 3.57. The number of carbonyl (C=O) groups excluding carboxylic acids is 1. The van der Waals surface area contributed by atoms with E-state index >= 15 is 0 Å². The first-order chi connectivity index (χ1) is 7.56. The lowest BCUT2D eigenvalue weighted by molar-refractivity contribution is -0.119. The van der Waals surface area contributed by atoms with Crippen LogP contribution in [0.1, 0.15) is 13.3 Å². The van der Waals surface area contributed by atoms with Gasteiger partial charge in [0.15, 0.2) is 0 Å². The number of rotatable bonds is 4. The minimum atomic E-state index is -0.155. The number of carbonyl (C=O) groups is 1. The van der Waals surface area contributed by atoms with Gasteiger partial charge in [0.25, 0.3) is 0 Å². The van der Waals surface area contributed by atoms with E-state index in [-0.39, 0.29) is 11.8 Å². The van der Waals surface area contributed by atoms with Crippen molar-refractivity contribution in [2.24, 2.45) is 11.7 Å². The van der Waals surface area contributed by atoms with Crippen LogP contribution in [0.25, 0.3) is 0 Å². The van der Waals surface area contributed by atoms with Crippen LogP contribution in [0.2, 0.25) is 10.0 Å². The summed E-state index contributed by atoms with van der Waals surface area (Å²) in [6.45, 7) is 2.29. The molecule has 1 unspecified atom stereocenters. The van der Waals surface area contributed by atoms with Crippen LogP contribution in [-0.4, -0.2) is 12.5 Å². The number of nitrogens with one attached hydrogen (secondary N) is 1. The molecule has 0 saturated carbocycles. The molecule has 88 valence electrons. The van der Waals surface area contributed by atoms with E-state index in [9.17, 15) is 4.79 Å². The van der Waals surface area contributed by atoms with Crippen LogP contribution in [0, 0.1) is 5.92 Å². The fourth-order valence-electron chi connectivity index (χ4n) is 1.24. The minimum Gasteiger partial charge on any atom is -0.330 e. The predicted molar refractivity (Wildman–Crippen MR) is 67.9 cm³/mol. The van der Waals surface area contributed by atoms with Gasteiger partial charge in [0.1, 0.15) is 0 Å². The van der Waals surface area contributed by atoms with Gasteiger partial charge in [-0.25, -0.2) is 0 Å². The van der Waals surface area contributed by atoms with Gasteiger partial charge in [-0.2, -0.15) is 0 Å². The van der Waals surface area contributed by atoms with Crippen LogP contribution in [0.3, 0.4) is 0 Å². The standard InChI is InChI=1S/C11H14Cl2N2O/c1-7(5-6-14)11(16)15-10-8(12)3-2-4-9(10)13/h2-4,7H,5-6,14H2,1H3,(H,15,16). The Labute approximate surface area is 105 Å². The molecule has 0 aliphatic heterocycles. The van der Waals surface area contributed by atoms with Gasteiger partial charge in [-0.3, -0.25) is 4.79 Å². The van der Waals surface area contributed by atoms with Crippen LogP contribution in [-0.2, 0) is 4.79 Å². The highest BCUT2D eigenvalue weighted by Gasteiger charge is 2.15. The van der Waals surface area contributed by atoms with Crippen molar-refractivity contribution in [3.8, 4) is 0 Å². The van der Waals surface area contributed by atoms with Crippen LogP contribution in [0.15, 0.2) is 18.2 Å². The van der Waals surface area contributed by atoms with Crippen molar-refractivity contribution in [3.05, 3.63) is 28.2 Å². The fourth-order valence-corrected chi connectivity index (χ4v) is 1.74. The molecule has 0 aliphatic rings. The van der Waals surface area contributed by atoms with E-state index < -0.39 is 0 Å². The maximum absolute atomic E-state index is 11.7. The van der Waals surface area contributed by atoms with Gasteiger partial charge < -0.3 is 11.1 Å². The Morgan fingerprint density at radius 3 is 2.50 bits per heavy atom. The molecule has 0 bridgehead atoms. The molecule has 0 aliphatic carbocycles. The van der Waals surface area contributed by atoms with Gasteiger partial charge in [-0.1, -0.05) is 36.2 Å². The Hall–Kier alpha value is -0.770. The number of amides is 1. The van der Waals surface area contributed by atoms with Crippen molar-refractivity contribution in [3.63, 3.8) is 0 Å². The molecule has 1 aromatic rings. The van der Waals surface area contributed by atoms with Crippen LogP contribution in [0.4, 0.5) is 5.69 Å². The molecule has 3 nitrogen and oxygen atoms in total. The van der Waals surface area contributed by atoms with Gasteiger partial charge in [-0.05, 0) is 25.1 Å². The normalized spacial score (nSPS) is 12.2. The topological polar surface area (TPSA) is 55.1 Å². The number of benzene rings is 1. The third-order valence-corrected chi connectivity index (χ3v) is 2.89. The second-order valence-electron chi connectivity index (χ2n) is 3.56. The Bertz CT molecular complexity index is 362. The molecule has 1 rings (SSSR count). The zero-order chi connectivity index (χ0) is 12.1. The van der Waals surface area contributed by atoms with E-state index in [4.69, 9.17) is 28.9 Å². The van der Waals surface area contributed by atoms with Gasteiger partial charge in [0.2, 0.25) is 5.91 Å². The van der Waals surface area contributed by atoms with Crippen LogP contribution >= 0.6 is 23.2 Å².